The predicted molar refractivity (Wildman–Crippen MR) is 92.7 cm³/mol. The van der Waals surface area contributed by atoms with E-state index in [9.17, 15) is 0 Å². The fraction of sp³-hybridized carbons (Fsp3) is 0.333. The first-order valence-electron chi connectivity index (χ1n) is 6.59. The zero-order chi connectivity index (χ0) is 15.6. The van der Waals surface area contributed by atoms with Gasteiger partial charge >= 0.3 is 0 Å². The molecule has 0 aliphatic rings. The first-order valence-corrected chi connectivity index (χ1v) is 7.76. The predicted octanol–water partition coefficient (Wildman–Crippen LogP) is 4.98. The average molecular weight is 370 g/mol. The highest BCUT2D eigenvalue weighted by atomic mass is 79.9. The summed E-state index contributed by atoms with van der Waals surface area (Å²) in [4.78, 5) is 9.09. The van der Waals surface area contributed by atoms with Gasteiger partial charge in [-0.1, -0.05) is 32.4 Å². The standard InChI is InChI=1S/C15H18BrClN4/c1-15(2,3)14-20-12(18-4)8-13(21-14)19-9-5-6-11(17)10(16)7-9/h5-8H,1-4H3,(H2,18,19,20,21). The van der Waals surface area contributed by atoms with Crippen LogP contribution in [-0.4, -0.2) is 17.0 Å². The van der Waals surface area contributed by atoms with Crippen LogP contribution in [0.15, 0.2) is 28.7 Å². The molecular weight excluding hydrogens is 352 g/mol. The number of aromatic nitrogens is 2. The summed E-state index contributed by atoms with van der Waals surface area (Å²) in [5.74, 6) is 2.31. The Bertz CT molecular complexity index is 653. The summed E-state index contributed by atoms with van der Waals surface area (Å²) in [6.07, 6.45) is 0. The third-order valence-electron chi connectivity index (χ3n) is 2.85. The molecule has 21 heavy (non-hydrogen) atoms. The van der Waals surface area contributed by atoms with E-state index in [2.05, 4.69) is 57.3 Å². The van der Waals surface area contributed by atoms with E-state index in [0.717, 1.165) is 27.6 Å². The van der Waals surface area contributed by atoms with Gasteiger partial charge in [-0.25, -0.2) is 9.97 Å². The molecule has 1 heterocycles. The van der Waals surface area contributed by atoms with Crippen LogP contribution < -0.4 is 10.6 Å². The summed E-state index contributed by atoms with van der Waals surface area (Å²) in [7, 11) is 1.84. The van der Waals surface area contributed by atoms with Gasteiger partial charge in [0.05, 0.1) is 5.02 Å². The number of hydrogen-bond acceptors (Lipinski definition) is 4. The van der Waals surface area contributed by atoms with E-state index in [1.807, 2.05) is 31.3 Å². The van der Waals surface area contributed by atoms with Gasteiger partial charge in [0.1, 0.15) is 17.5 Å². The number of halogens is 2. The second-order valence-corrected chi connectivity index (χ2v) is 6.98. The highest BCUT2D eigenvalue weighted by molar-refractivity contribution is 9.10. The fourth-order valence-corrected chi connectivity index (χ4v) is 2.19. The number of benzene rings is 1. The molecule has 2 aromatic rings. The number of hydrogen-bond donors (Lipinski definition) is 2. The lowest BCUT2D eigenvalue weighted by Crippen LogP contribution is -2.17. The Kier molecular flexibility index (Phi) is 4.74. The van der Waals surface area contributed by atoms with Crippen molar-refractivity contribution in [2.24, 2.45) is 0 Å². The Morgan fingerprint density at radius 3 is 2.33 bits per heavy atom. The van der Waals surface area contributed by atoms with E-state index in [4.69, 9.17) is 11.6 Å². The first kappa shape index (κ1) is 16.0. The maximum Gasteiger partial charge on any atom is 0.138 e. The van der Waals surface area contributed by atoms with Crippen LogP contribution in [-0.2, 0) is 5.41 Å². The smallest absolute Gasteiger partial charge is 0.138 e. The lowest BCUT2D eigenvalue weighted by molar-refractivity contribution is 0.547. The number of anilines is 3. The van der Waals surface area contributed by atoms with Crippen molar-refractivity contribution in [3.63, 3.8) is 0 Å². The van der Waals surface area contributed by atoms with Crippen LogP contribution in [0, 0.1) is 0 Å². The third-order valence-corrected chi connectivity index (χ3v) is 4.06. The normalized spacial score (nSPS) is 11.3. The van der Waals surface area contributed by atoms with E-state index >= 15 is 0 Å². The molecule has 0 saturated heterocycles. The van der Waals surface area contributed by atoms with Gasteiger partial charge < -0.3 is 10.6 Å². The Morgan fingerprint density at radius 2 is 1.76 bits per heavy atom. The van der Waals surface area contributed by atoms with Crippen molar-refractivity contribution in [3.8, 4) is 0 Å². The van der Waals surface area contributed by atoms with Crippen molar-refractivity contribution in [3.05, 3.63) is 39.6 Å². The van der Waals surface area contributed by atoms with E-state index < -0.39 is 0 Å². The van der Waals surface area contributed by atoms with E-state index in [1.165, 1.54) is 0 Å². The topological polar surface area (TPSA) is 49.8 Å². The molecule has 0 bridgehead atoms. The molecule has 1 aromatic heterocycles. The minimum absolute atomic E-state index is 0.121. The molecule has 0 saturated carbocycles. The fourth-order valence-electron chi connectivity index (χ4n) is 1.70. The monoisotopic (exact) mass is 368 g/mol. The van der Waals surface area contributed by atoms with Gasteiger partial charge in [-0.2, -0.15) is 0 Å². The molecule has 0 atom stereocenters. The Labute approximate surface area is 138 Å². The van der Waals surface area contributed by atoms with Crippen LogP contribution in [0.4, 0.5) is 17.3 Å². The quantitative estimate of drug-likeness (QED) is 0.801. The zero-order valence-electron chi connectivity index (χ0n) is 12.5. The Morgan fingerprint density at radius 1 is 1.10 bits per heavy atom. The summed E-state index contributed by atoms with van der Waals surface area (Å²) in [6.45, 7) is 6.26. The molecule has 2 N–H and O–H groups in total. The third kappa shape index (κ3) is 4.08. The van der Waals surface area contributed by atoms with Gasteiger partial charge in [-0.05, 0) is 34.1 Å². The second kappa shape index (κ2) is 6.20. The van der Waals surface area contributed by atoms with Crippen molar-refractivity contribution in [2.75, 3.05) is 17.7 Å². The minimum atomic E-state index is -0.121. The van der Waals surface area contributed by atoms with Crippen molar-refractivity contribution in [2.45, 2.75) is 26.2 Å². The molecule has 6 heteroatoms. The first-order chi connectivity index (χ1) is 9.79. The van der Waals surface area contributed by atoms with E-state index in [-0.39, 0.29) is 5.41 Å². The van der Waals surface area contributed by atoms with Crippen molar-refractivity contribution < 1.29 is 0 Å². The van der Waals surface area contributed by atoms with Gasteiger partial charge in [0.15, 0.2) is 0 Å². The van der Waals surface area contributed by atoms with Crippen LogP contribution in [0.5, 0.6) is 0 Å². The zero-order valence-corrected chi connectivity index (χ0v) is 14.8. The van der Waals surface area contributed by atoms with Crippen LogP contribution in [0.3, 0.4) is 0 Å². The highest BCUT2D eigenvalue weighted by Gasteiger charge is 2.19. The van der Waals surface area contributed by atoms with Crippen molar-refractivity contribution in [1.82, 2.24) is 9.97 Å². The van der Waals surface area contributed by atoms with Gasteiger partial charge in [0.2, 0.25) is 0 Å². The van der Waals surface area contributed by atoms with Gasteiger partial charge in [-0.3, -0.25) is 0 Å². The van der Waals surface area contributed by atoms with E-state index in [0.29, 0.717) is 5.02 Å². The largest absolute Gasteiger partial charge is 0.373 e. The maximum absolute atomic E-state index is 6.01. The summed E-state index contributed by atoms with van der Waals surface area (Å²) in [6, 6.07) is 7.53. The summed E-state index contributed by atoms with van der Waals surface area (Å²) >= 11 is 9.42. The van der Waals surface area contributed by atoms with E-state index in [1.54, 1.807) is 0 Å². The van der Waals surface area contributed by atoms with Gasteiger partial charge in [-0.15, -0.1) is 0 Å². The Hall–Kier alpha value is -1.33. The molecule has 2 rings (SSSR count). The molecule has 0 aliphatic carbocycles. The molecule has 0 aliphatic heterocycles. The lowest BCUT2D eigenvalue weighted by Gasteiger charge is -2.19. The number of nitrogens with zero attached hydrogens (tertiary/aromatic N) is 2. The van der Waals surface area contributed by atoms with Crippen LogP contribution in [0.25, 0.3) is 0 Å². The van der Waals surface area contributed by atoms with Crippen molar-refractivity contribution in [1.29, 1.82) is 0 Å². The summed E-state index contributed by atoms with van der Waals surface area (Å²) < 4.78 is 0.841. The minimum Gasteiger partial charge on any atom is -0.373 e. The second-order valence-electron chi connectivity index (χ2n) is 5.72. The molecular formula is C15H18BrClN4. The lowest BCUT2D eigenvalue weighted by atomic mass is 9.96. The van der Waals surface area contributed by atoms with Crippen LogP contribution in [0.2, 0.25) is 5.02 Å². The molecule has 0 amide bonds. The van der Waals surface area contributed by atoms with Gasteiger partial charge in [0.25, 0.3) is 0 Å². The van der Waals surface area contributed by atoms with Crippen LogP contribution >= 0.6 is 27.5 Å². The highest BCUT2D eigenvalue weighted by Crippen LogP contribution is 2.28. The average Bonchev–Trinajstić information content (AvgIpc) is 2.41. The summed E-state index contributed by atoms with van der Waals surface area (Å²) in [5.41, 5.74) is 0.788. The molecule has 1 aromatic carbocycles. The molecule has 0 spiro atoms. The van der Waals surface area contributed by atoms with Gasteiger partial charge in [0, 0.05) is 28.7 Å². The van der Waals surface area contributed by atoms with Crippen LogP contribution in [0.1, 0.15) is 26.6 Å². The number of nitrogens with one attached hydrogen (secondary N) is 2. The Balaban J connectivity index is 2.36. The number of rotatable bonds is 3. The molecule has 4 nitrogen and oxygen atoms in total. The molecule has 0 radical (unpaired) electrons. The summed E-state index contributed by atoms with van der Waals surface area (Å²) in [5, 5.41) is 7.02. The molecule has 0 fully saturated rings. The van der Waals surface area contributed by atoms with Crippen molar-refractivity contribution >= 4 is 44.9 Å². The maximum atomic E-state index is 6.01. The molecule has 112 valence electrons. The molecule has 0 unspecified atom stereocenters. The SMILES string of the molecule is CNc1cc(Nc2ccc(Cl)c(Br)c2)nc(C(C)(C)C)n1.